The standard InChI is InChI=1S/C5H9N5/c1-9-2-3-10-5(9)4(6)7-8-10/h2-3,6H2,1H3. The number of nitrogens with zero attached hydrogens (tertiary/aromatic N) is 4. The first kappa shape index (κ1) is 5.52. The Kier molecular flexibility index (Phi) is 0.893. The molecule has 0 radical (unpaired) electrons. The Bertz CT molecular complexity index is 253. The molecule has 0 amide bonds. The van der Waals surface area contributed by atoms with Crippen LogP contribution < -0.4 is 10.6 Å². The molecule has 2 heterocycles. The fourth-order valence-electron chi connectivity index (χ4n) is 1.22. The fourth-order valence-corrected chi connectivity index (χ4v) is 1.22. The van der Waals surface area contributed by atoms with Crippen molar-refractivity contribution in [1.82, 2.24) is 15.0 Å². The number of likely N-dealkylation sites (N-methyl/N-ethyl adjacent to an activating group) is 1. The van der Waals surface area contributed by atoms with Crippen molar-refractivity contribution in [3.63, 3.8) is 0 Å². The van der Waals surface area contributed by atoms with Crippen LogP contribution in [0.4, 0.5) is 11.6 Å². The number of fused-ring (bicyclic) bond motifs is 1. The van der Waals surface area contributed by atoms with E-state index in [4.69, 9.17) is 5.73 Å². The average Bonchev–Trinajstić information content (AvgIpc) is 2.40. The molecule has 1 aliphatic heterocycles. The molecule has 54 valence electrons. The van der Waals surface area contributed by atoms with Crippen molar-refractivity contribution in [2.45, 2.75) is 6.54 Å². The van der Waals surface area contributed by atoms with Gasteiger partial charge in [-0.3, -0.25) is 0 Å². The Morgan fingerprint density at radius 2 is 2.30 bits per heavy atom. The van der Waals surface area contributed by atoms with E-state index in [9.17, 15) is 0 Å². The van der Waals surface area contributed by atoms with E-state index >= 15 is 0 Å². The van der Waals surface area contributed by atoms with E-state index in [1.807, 2.05) is 11.7 Å². The maximum Gasteiger partial charge on any atom is 0.190 e. The van der Waals surface area contributed by atoms with Crippen LogP contribution >= 0.6 is 0 Å². The van der Waals surface area contributed by atoms with Crippen molar-refractivity contribution in [3.05, 3.63) is 0 Å². The van der Waals surface area contributed by atoms with E-state index in [1.54, 1.807) is 0 Å². The van der Waals surface area contributed by atoms with Crippen LogP contribution in [0, 0.1) is 0 Å². The summed E-state index contributed by atoms with van der Waals surface area (Å²) in [5.74, 6) is 1.47. The second kappa shape index (κ2) is 1.62. The van der Waals surface area contributed by atoms with E-state index in [0.717, 1.165) is 18.9 Å². The highest BCUT2D eigenvalue weighted by atomic mass is 15.5. The molecule has 0 saturated carbocycles. The first-order chi connectivity index (χ1) is 4.79. The minimum absolute atomic E-state index is 0.528. The summed E-state index contributed by atoms with van der Waals surface area (Å²) in [7, 11) is 1.98. The van der Waals surface area contributed by atoms with Gasteiger partial charge in [-0.25, -0.2) is 4.68 Å². The predicted molar refractivity (Wildman–Crippen MR) is 37.7 cm³/mol. The van der Waals surface area contributed by atoms with Gasteiger partial charge >= 0.3 is 0 Å². The number of aromatic nitrogens is 3. The Hall–Kier alpha value is -1.26. The number of anilines is 2. The van der Waals surface area contributed by atoms with Gasteiger partial charge in [0.15, 0.2) is 11.6 Å². The Labute approximate surface area is 58.4 Å². The summed E-state index contributed by atoms with van der Waals surface area (Å²) in [5.41, 5.74) is 5.55. The molecule has 2 rings (SSSR count). The van der Waals surface area contributed by atoms with Gasteiger partial charge in [-0.2, -0.15) is 0 Å². The summed E-state index contributed by atoms with van der Waals surface area (Å²) in [4.78, 5) is 2.05. The minimum atomic E-state index is 0.528. The molecule has 0 aromatic carbocycles. The molecule has 5 nitrogen and oxygen atoms in total. The fraction of sp³-hybridized carbons (Fsp3) is 0.600. The zero-order valence-electron chi connectivity index (χ0n) is 5.78. The van der Waals surface area contributed by atoms with Crippen LogP contribution in [0.15, 0.2) is 0 Å². The van der Waals surface area contributed by atoms with Crippen molar-refractivity contribution >= 4 is 11.6 Å². The van der Waals surface area contributed by atoms with Crippen LogP contribution in [0.3, 0.4) is 0 Å². The highest BCUT2D eigenvalue weighted by Gasteiger charge is 2.20. The molecule has 0 fully saturated rings. The molecule has 10 heavy (non-hydrogen) atoms. The number of hydrogen-bond donors (Lipinski definition) is 1. The maximum absolute atomic E-state index is 5.55. The van der Waals surface area contributed by atoms with Crippen molar-refractivity contribution < 1.29 is 0 Å². The van der Waals surface area contributed by atoms with Crippen LogP contribution in [-0.4, -0.2) is 28.6 Å². The van der Waals surface area contributed by atoms with Crippen LogP contribution in [-0.2, 0) is 6.54 Å². The molecule has 0 saturated heterocycles. The zero-order valence-corrected chi connectivity index (χ0v) is 5.78. The third-order valence-electron chi connectivity index (χ3n) is 1.74. The molecule has 5 heteroatoms. The molecule has 1 aliphatic rings. The van der Waals surface area contributed by atoms with Gasteiger partial charge in [0.25, 0.3) is 0 Å². The summed E-state index contributed by atoms with van der Waals surface area (Å²) in [5, 5.41) is 7.58. The lowest BCUT2D eigenvalue weighted by Gasteiger charge is -2.07. The summed E-state index contributed by atoms with van der Waals surface area (Å²) in [6.07, 6.45) is 0. The van der Waals surface area contributed by atoms with Crippen LogP contribution in [0.2, 0.25) is 0 Å². The molecule has 1 aromatic rings. The molecule has 2 N–H and O–H groups in total. The molecule has 1 aromatic heterocycles. The topological polar surface area (TPSA) is 60.0 Å². The summed E-state index contributed by atoms with van der Waals surface area (Å²) >= 11 is 0. The first-order valence-electron chi connectivity index (χ1n) is 3.19. The van der Waals surface area contributed by atoms with E-state index in [1.165, 1.54) is 0 Å². The van der Waals surface area contributed by atoms with Gasteiger partial charge in [-0.15, -0.1) is 5.10 Å². The van der Waals surface area contributed by atoms with Gasteiger partial charge in [0.1, 0.15) is 0 Å². The van der Waals surface area contributed by atoms with Gasteiger partial charge < -0.3 is 10.6 Å². The van der Waals surface area contributed by atoms with Crippen LogP contribution in [0.5, 0.6) is 0 Å². The molecular weight excluding hydrogens is 130 g/mol. The third kappa shape index (κ3) is 0.516. The van der Waals surface area contributed by atoms with Gasteiger partial charge in [0.05, 0.1) is 6.54 Å². The van der Waals surface area contributed by atoms with Gasteiger partial charge in [-0.1, -0.05) is 5.21 Å². The molecule has 0 spiro atoms. The maximum atomic E-state index is 5.55. The number of rotatable bonds is 0. The zero-order chi connectivity index (χ0) is 7.14. The molecule has 0 bridgehead atoms. The summed E-state index contributed by atoms with van der Waals surface area (Å²) < 4.78 is 1.81. The van der Waals surface area contributed by atoms with Gasteiger partial charge in [0.2, 0.25) is 0 Å². The number of nitrogen functional groups attached to an aromatic ring is 1. The van der Waals surface area contributed by atoms with Crippen molar-refractivity contribution in [2.75, 3.05) is 24.2 Å². The second-order valence-electron chi connectivity index (χ2n) is 2.44. The lowest BCUT2D eigenvalue weighted by Crippen LogP contribution is -2.14. The normalized spacial score (nSPS) is 15.9. The molecule has 0 atom stereocenters. The molecular formula is C5H9N5. The largest absolute Gasteiger partial charge is 0.379 e. The molecule has 0 aliphatic carbocycles. The highest BCUT2D eigenvalue weighted by Crippen LogP contribution is 2.22. The van der Waals surface area contributed by atoms with E-state index in [0.29, 0.717) is 5.82 Å². The SMILES string of the molecule is CN1CCn2nnc(N)c21. The van der Waals surface area contributed by atoms with Crippen molar-refractivity contribution in [1.29, 1.82) is 0 Å². The highest BCUT2D eigenvalue weighted by molar-refractivity contribution is 5.58. The van der Waals surface area contributed by atoms with E-state index in [2.05, 4.69) is 15.2 Å². The monoisotopic (exact) mass is 139 g/mol. The quantitative estimate of drug-likeness (QED) is 0.517. The number of hydrogen-bond acceptors (Lipinski definition) is 4. The second-order valence-corrected chi connectivity index (χ2v) is 2.44. The lowest BCUT2D eigenvalue weighted by atomic mass is 10.6. The van der Waals surface area contributed by atoms with Crippen molar-refractivity contribution in [2.24, 2.45) is 0 Å². The van der Waals surface area contributed by atoms with E-state index < -0.39 is 0 Å². The van der Waals surface area contributed by atoms with Gasteiger partial charge in [-0.05, 0) is 0 Å². The number of nitrogens with two attached hydrogens (primary N) is 1. The Morgan fingerprint density at radius 3 is 3.00 bits per heavy atom. The predicted octanol–water partition coefficient (Wildman–Crippen LogP) is -0.690. The van der Waals surface area contributed by atoms with Gasteiger partial charge in [0, 0.05) is 13.6 Å². The van der Waals surface area contributed by atoms with Crippen molar-refractivity contribution in [3.8, 4) is 0 Å². The first-order valence-corrected chi connectivity index (χ1v) is 3.19. The lowest BCUT2D eigenvalue weighted by molar-refractivity contribution is 0.652. The molecule has 0 unspecified atom stereocenters. The average molecular weight is 139 g/mol. The summed E-state index contributed by atoms with van der Waals surface area (Å²) in [6.45, 7) is 1.88. The Morgan fingerprint density at radius 1 is 1.50 bits per heavy atom. The van der Waals surface area contributed by atoms with E-state index in [-0.39, 0.29) is 0 Å². The summed E-state index contributed by atoms with van der Waals surface area (Å²) in [6, 6.07) is 0. The van der Waals surface area contributed by atoms with Crippen LogP contribution in [0.1, 0.15) is 0 Å². The smallest absolute Gasteiger partial charge is 0.190 e. The third-order valence-corrected chi connectivity index (χ3v) is 1.74. The van der Waals surface area contributed by atoms with Crippen LogP contribution in [0.25, 0.3) is 0 Å². The minimum Gasteiger partial charge on any atom is -0.379 e. The Balaban J connectivity index is 2.54.